The molecule has 21 heavy (non-hydrogen) atoms. The van der Waals surface area contributed by atoms with Crippen LogP contribution in [0.2, 0.25) is 0 Å². The maximum absolute atomic E-state index is 14.1. The fourth-order valence-corrected chi connectivity index (χ4v) is 4.29. The molecule has 1 heterocycles. The Labute approximate surface area is 134 Å². The summed E-state index contributed by atoms with van der Waals surface area (Å²) in [5.41, 5.74) is 5.55. The molecular formula is C12H13BrFN3O2S2. The van der Waals surface area contributed by atoms with Crippen LogP contribution in [0.15, 0.2) is 27.7 Å². The topological polar surface area (TPSA) is 85.1 Å². The van der Waals surface area contributed by atoms with Gasteiger partial charge in [-0.1, -0.05) is 15.9 Å². The molecule has 1 aromatic heterocycles. The molecule has 3 N–H and O–H groups in total. The smallest absolute Gasteiger partial charge is 0.243 e. The summed E-state index contributed by atoms with van der Waals surface area (Å²) in [6.07, 6.45) is 1.65. The Balaban J connectivity index is 2.29. The number of hydrogen-bond donors (Lipinski definition) is 2. The van der Waals surface area contributed by atoms with Crippen LogP contribution in [0.1, 0.15) is 15.4 Å². The lowest BCUT2D eigenvalue weighted by atomic mass is 10.2. The highest BCUT2D eigenvalue weighted by atomic mass is 79.9. The third-order valence-corrected chi connectivity index (χ3v) is 5.44. The van der Waals surface area contributed by atoms with Crippen molar-refractivity contribution in [3.63, 3.8) is 0 Å². The summed E-state index contributed by atoms with van der Waals surface area (Å²) in [4.78, 5) is 4.60. The van der Waals surface area contributed by atoms with E-state index in [1.54, 1.807) is 6.20 Å². The third-order valence-electron chi connectivity index (χ3n) is 2.67. The van der Waals surface area contributed by atoms with Gasteiger partial charge in [0.2, 0.25) is 10.0 Å². The van der Waals surface area contributed by atoms with E-state index in [9.17, 15) is 12.8 Å². The maximum Gasteiger partial charge on any atom is 0.243 e. The van der Waals surface area contributed by atoms with Gasteiger partial charge in [0.05, 0.1) is 6.54 Å². The summed E-state index contributed by atoms with van der Waals surface area (Å²) < 4.78 is 41.4. The van der Waals surface area contributed by atoms with Crippen molar-refractivity contribution in [2.45, 2.75) is 24.9 Å². The van der Waals surface area contributed by atoms with Gasteiger partial charge in [-0.2, -0.15) is 0 Å². The molecule has 0 fully saturated rings. The van der Waals surface area contributed by atoms with Gasteiger partial charge < -0.3 is 5.73 Å². The van der Waals surface area contributed by atoms with Crippen molar-refractivity contribution in [2.24, 2.45) is 5.73 Å². The van der Waals surface area contributed by atoms with Crippen LogP contribution in [0.4, 0.5) is 4.39 Å². The predicted molar refractivity (Wildman–Crippen MR) is 82.9 cm³/mol. The number of hydrogen-bond acceptors (Lipinski definition) is 5. The van der Waals surface area contributed by atoms with Crippen LogP contribution in [-0.2, 0) is 23.1 Å². The lowest BCUT2D eigenvalue weighted by Crippen LogP contribution is -2.24. The highest BCUT2D eigenvalue weighted by molar-refractivity contribution is 9.10. The number of aromatic nitrogens is 1. The number of thiazole rings is 1. The van der Waals surface area contributed by atoms with Crippen molar-refractivity contribution >= 4 is 37.3 Å². The van der Waals surface area contributed by atoms with Crippen LogP contribution in [0, 0.1) is 12.7 Å². The average molecular weight is 394 g/mol. The van der Waals surface area contributed by atoms with Gasteiger partial charge in [-0.3, -0.25) is 0 Å². The van der Waals surface area contributed by atoms with Gasteiger partial charge in [-0.25, -0.2) is 22.5 Å². The Morgan fingerprint density at radius 1 is 1.48 bits per heavy atom. The van der Waals surface area contributed by atoms with Gasteiger partial charge in [0, 0.05) is 27.7 Å². The number of nitrogens with one attached hydrogen (secondary N) is 1. The zero-order valence-corrected chi connectivity index (χ0v) is 14.3. The van der Waals surface area contributed by atoms with E-state index in [2.05, 4.69) is 25.6 Å². The molecule has 0 aliphatic carbocycles. The number of nitrogens with two attached hydrogens (primary N) is 1. The van der Waals surface area contributed by atoms with Crippen LogP contribution in [0.25, 0.3) is 0 Å². The molecular weight excluding hydrogens is 381 g/mol. The van der Waals surface area contributed by atoms with E-state index in [1.807, 2.05) is 6.92 Å². The Kier molecular flexibility index (Phi) is 5.10. The first kappa shape index (κ1) is 16.5. The van der Waals surface area contributed by atoms with Gasteiger partial charge in [0.15, 0.2) is 0 Å². The molecule has 0 saturated carbocycles. The highest BCUT2D eigenvalue weighted by Gasteiger charge is 2.22. The van der Waals surface area contributed by atoms with Gasteiger partial charge in [-0.15, -0.1) is 11.3 Å². The monoisotopic (exact) mass is 393 g/mol. The third kappa shape index (κ3) is 3.86. The van der Waals surface area contributed by atoms with Crippen molar-refractivity contribution in [2.75, 3.05) is 0 Å². The summed E-state index contributed by atoms with van der Waals surface area (Å²) in [6.45, 7) is 1.81. The van der Waals surface area contributed by atoms with Crippen LogP contribution < -0.4 is 10.5 Å². The second kappa shape index (κ2) is 6.49. The van der Waals surface area contributed by atoms with E-state index in [0.29, 0.717) is 9.48 Å². The van der Waals surface area contributed by atoms with Gasteiger partial charge in [0.1, 0.15) is 15.7 Å². The Morgan fingerprint density at radius 3 is 2.76 bits per heavy atom. The number of rotatable bonds is 5. The van der Waals surface area contributed by atoms with Crippen molar-refractivity contribution in [1.29, 1.82) is 0 Å². The normalized spacial score (nSPS) is 11.8. The summed E-state index contributed by atoms with van der Waals surface area (Å²) in [5.74, 6) is -0.830. The van der Waals surface area contributed by atoms with Crippen LogP contribution >= 0.6 is 27.3 Å². The van der Waals surface area contributed by atoms with E-state index in [0.717, 1.165) is 4.88 Å². The van der Waals surface area contributed by atoms with E-state index in [4.69, 9.17) is 5.73 Å². The van der Waals surface area contributed by atoms with Crippen LogP contribution in [0.3, 0.4) is 0 Å². The first-order valence-electron chi connectivity index (χ1n) is 5.92. The molecule has 0 spiro atoms. The largest absolute Gasteiger partial charge is 0.326 e. The van der Waals surface area contributed by atoms with Crippen LogP contribution in [-0.4, -0.2) is 13.4 Å². The minimum atomic E-state index is -3.98. The lowest BCUT2D eigenvalue weighted by Gasteiger charge is -2.10. The number of nitrogens with zero attached hydrogens (tertiary/aromatic N) is 1. The molecule has 0 atom stereocenters. The molecule has 0 aliphatic heterocycles. The Hall–Kier alpha value is -0.870. The quantitative estimate of drug-likeness (QED) is 0.815. The fraction of sp³-hybridized carbons (Fsp3) is 0.250. The zero-order chi connectivity index (χ0) is 15.6. The van der Waals surface area contributed by atoms with E-state index in [-0.39, 0.29) is 18.7 Å². The molecule has 0 saturated heterocycles. The molecule has 9 heteroatoms. The van der Waals surface area contributed by atoms with Crippen LogP contribution in [0.5, 0.6) is 0 Å². The van der Waals surface area contributed by atoms with E-state index < -0.39 is 20.7 Å². The number of benzene rings is 1. The van der Waals surface area contributed by atoms with E-state index >= 15 is 0 Å². The molecule has 114 valence electrons. The predicted octanol–water partition coefficient (Wildman–Crippen LogP) is 2.29. The van der Waals surface area contributed by atoms with Gasteiger partial charge in [0.25, 0.3) is 0 Å². The first-order valence-corrected chi connectivity index (χ1v) is 9.01. The minimum Gasteiger partial charge on any atom is -0.326 e. The maximum atomic E-state index is 14.1. The molecule has 0 unspecified atom stereocenters. The molecule has 0 bridgehead atoms. The van der Waals surface area contributed by atoms with Crippen molar-refractivity contribution < 1.29 is 12.8 Å². The molecule has 5 nitrogen and oxygen atoms in total. The van der Waals surface area contributed by atoms with E-state index in [1.165, 1.54) is 23.5 Å². The minimum absolute atomic E-state index is 0.0186. The number of halogens is 2. The second-order valence-corrected chi connectivity index (χ2v) is 8.24. The van der Waals surface area contributed by atoms with Crippen molar-refractivity contribution in [3.8, 4) is 0 Å². The molecule has 0 amide bonds. The first-order chi connectivity index (χ1) is 9.83. The summed E-state index contributed by atoms with van der Waals surface area (Å²) in [6, 6.07) is 2.67. The molecule has 0 aliphatic rings. The Morgan fingerprint density at radius 2 is 2.19 bits per heavy atom. The molecule has 1 aromatic carbocycles. The number of sulfonamides is 1. The molecule has 2 aromatic rings. The summed E-state index contributed by atoms with van der Waals surface area (Å²) >= 11 is 4.53. The SMILES string of the molecule is Cc1cnc(CNS(=O)(=O)c2cc(Br)cc(CN)c2F)s1. The molecule has 0 radical (unpaired) electrons. The average Bonchev–Trinajstić information content (AvgIpc) is 2.84. The van der Waals surface area contributed by atoms with Crippen molar-refractivity contribution in [3.05, 3.63) is 44.1 Å². The summed E-state index contributed by atoms with van der Waals surface area (Å²) in [5, 5.41) is 0.616. The van der Waals surface area contributed by atoms with Gasteiger partial charge >= 0.3 is 0 Å². The lowest BCUT2D eigenvalue weighted by molar-refractivity contribution is 0.549. The highest BCUT2D eigenvalue weighted by Crippen LogP contribution is 2.24. The Bertz CT molecular complexity index is 762. The number of aryl methyl sites for hydroxylation is 1. The zero-order valence-electron chi connectivity index (χ0n) is 11.1. The van der Waals surface area contributed by atoms with Gasteiger partial charge in [-0.05, 0) is 19.1 Å². The standard InChI is InChI=1S/C12H13BrFN3O2S2/c1-7-5-16-11(20-7)6-17-21(18,19)10-3-9(13)2-8(4-15)12(10)14/h2-3,5,17H,4,6,15H2,1H3. The summed E-state index contributed by atoms with van der Waals surface area (Å²) in [7, 11) is -3.98. The second-order valence-electron chi connectivity index (χ2n) is 4.27. The van der Waals surface area contributed by atoms with Crippen molar-refractivity contribution in [1.82, 2.24) is 9.71 Å². The molecule has 2 rings (SSSR count). The fourth-order valence-electron chi connectivity index (χ4n) is 1.68.